The van der Waals surface area contributed by atoms with Crippen molar-refractivity contribution in [1.82, 2.24) is 0 Å². The van der Waals surface area contributed by atoms with Crippen molar-refractivity contribution in [2.75, 3.05) is 18.1 Å². The van der Waals surface area contributed by atoms with Crippen LogP contribution in [0.15, 0.2) is 34.8 Å². The largest absolute Gasteiger partial charge is 0.493 e. The Labute approximate surface area is 162 Å². The molecule has 0 saturated heterocycles. The van der Waals surface area contributed by atoms with Gasteiger partial charge >= 0.3 is 0 Å². The number of unbranched alkanes of at least 4 members (excludes halogenated alkanes) is 1. The first-order chi connectivity index (χ1) is 12.4. The number of halogens is 1. The third-order valence-corrected chi connectivity index (χ3v) is 5.14. The van der Waals surface area contributed by atoms with Crippen molar-refractivity contribution in [3.63, 3.8) is 0 Å². The Morgan fingerprint density at radius 1 is 1.00 bits per heavy atom. The van der Waals surface area contributed by atoms with Crippen molar-refractivity contribution in [2.24, 2.45) is 0 Å². The molecule has 0 aromatic heterocycles. The molecule has 1 aliphatic rings. The van der Waals surface area contributed by atoms with Crippen LogP contribution in [0, 0.1) is 20.8 Å². The fourth-order valence-corrected chi connectivity index (χ4v) is 3.94. The van der Waals surface area contributed by atoms with Crippen LogP contribution in [-0.4, -0.2) is 24.8 Å². The van der Waals surface area contributed by atoms with E-state index >= 15 is 0 Å². The van der Waals surface area contributed by atoms with E-state index in [0.29, 0.717) is 24.4 Å². The third kappa shape index (κ3) is 3.68. The van der Waals surface area contributed by atoms with Crippen LogP contribution < -0.4 is 9.64 Å². The van der Waals surface area contributed by atoms with Gasteiger partial charge in [0.2, 0.25) is 0 Å². The van der Waals surface area contributed by atoms with Crippen molar-refractivity contribution in [3.05, 3.63) is 57.1 Å². The maximum Gasteiger partial charge on any atom is 0.299 e. The smallest absolute Gasteiger partial charge is 0.299 e. The molecule has 0 saturated carbocycles. The molecule has 0 spiro atoms. The van der Waals surface area contributed by atoms with Crippen LogP contribution in [-0.2, 0) is 4.79 Å². The lowest BCUT2D eigenvalue weighted by Gasteiger charge is -2.18. The highest BCUT2D eigenvalue weighted by Gasteiger charge is 2.37. The summed E-state index contributed by atoms with van der Waals surface area (Å²) < 4.78 is 6.65. The van der Waals surface area contributed by atoms with E-state index in [-0.39, 0.29) is 0 Å². The standard InChI is InChI=1S/C21H22BrNO3/c1-13-6-7-15(3)18(12-13)26-9-5-4-8-23-19-16(20(24)21(23)25)10-14(2)11-17(19)22/h6-7,10-12H,4-5,8-9H2,1-3H3. The number of nitrogens with zero attached hydrogens (tertiary/aromatic N) is 1. The number of fused-ring (bicyclic) bond motifs is 1. The molecule has 1 amide bonds. The maximum atomic E-state index is 12.3. The van der Waals surface area contributed by atoms with Gasteiger partial charge in [0.05, 0.1) is 17.9 Å². The average Bonchev–Trinajstić information content (AvgIpc) is 2.82. The van der Waals surface area contributed by atoms with Gasteiger partial charge in [-0.3, -0.25) is 9.59 Å². The summed E-state index contributed by atoms with van der Waals surface area (Å²) >= 11 is 3.49. The van der Waals surface area contributed by atoms with Gasteiger partial charge in [0.1, 0.15) is 5.75 Å². The first-order valence-corrected chi connectivity index (χ1v) is 9.54. The number of hydrogen-bond donors (Lipinski definition) is 0. The molecule has 1 heterocycles. The van der Waals surface area contributed by atoms with Crippen molar-refractivity contribution in [1.29, 1.82) is 0 Å². The lowest BCUT2D eigenvalue weighted by atomic mass is 10.1. The molecule has 0 aliphatic carbocycles. The number of anilines is 1. The third-order valence-electron chi connectivity index (χ3n) is 4.54. The summed E-state index contributed by atoms with van der Waals surface area (Å²) in [4.78, 5) is 26.1. The topological polar surface area (TPSA) is 46.6 Å². The number of hydrogen-bond acceptors (Lipinski definition) is 3. The van der Waals surface area contributed by atoms with Crippen molar-refractivity contribution in [2.45, 2.75) is 33.6 Å². The molecule has 0 unspecified atom stereocenters. The molecule has 2 aromatic carbocycles. The predicted octanol–water partition coefficient (Wildman–Crippen LogP) is 4.76. The number of carbonyl (C=O) groups is 2. The van der Waals surface area contributed by atoms with Crippen molar-refractivity contribution < 1.29 is 14.3 Å². The molecule has 136 valence electrons. The van der Waals surface area contributed by atoms with Crippen LogP contribution in [0.5, 0.6) is 5.75 Å². The monoisotopic (exact) mass is 415 g/mol. The Balaban J connectivity index is 1.58. The first-order valence-electron chi connectivity index (χ1n) is 8.75. The van der Waals surface area contributed by atoms with Crippen LogP contribution in [0.2, 0.25) is 0 Å². The second-order valence-corrected chi connectivity index (χ2v) is 7.61. The highest BCUT2D eigenvalue weighted by molar-refractivity contribution is 9.10. The molecule has 5 heteroatoms. The maximum absolute atomic E-state index is 12.3. The summed E-state index contributed by atoms with van der Waals surface area (Å²) in [5.74, 6) is 0.0405. The Morgan fingerprint density at radius 3 is 2.54 bits per heavy atom. The second kappa shape index (κ2) is 7.62. The molecule has 2 aromatic rings. The molecule has 0 bridgehead atoms. The van der Waals surface area contributed by atoms with E-state index < -0.39 is 11.7 Å². The summed E-state index contributed by atoms with van der Waals surface area (Å²) in [6.45, 7) is 7.08. The number of ether oxygens (including phenoxy) is 1. The number of benzene rings is 2. The number of ketones is 1. The number of rotatable bonds is 6. The van der Waals surface area contributed by atoms with Gasteiger partial charge in [-0.2, -0.15) is 0 Å². The zero-order valence-corrected chi connectivity index (χ0v) is 16.9. The summed E-state index contributed by atoms with van der Waals surface area (Å²) in [6.07, 6.45) is 1.58. The van der Waals surface area contributed by atoms with Gasteiger partial charge in [0.25, 0.3) is 11.7 Å². The minimum atomic E-state index is -0.443. The Morgan fingerprint density at radius 2 is 1.77 bits per heavy atom. The van der Waals surface area contributed by atoms with Crippen molar-refractivity contribution in [3.8, 4) is 5.75 Å². The number of carbonyl (C=O) groups excluding carboxylic acids is 2. The molecule has 0 radical (unpaired) electrons. The van der Waals surface area contributed by atoms with Gasteiger partial charge in [-0.1, -0.05) is 12.1 Å². The average molecular weight is 416 g/mol. The van der Waals surface area contributed by atoms with Crippen LogP contribution in [0.25, 0.3) is 0 Å². The lowest BCUT2D eigenvalue weighted by molar-refractivity contribution is -0.114. The van der Waals surface area contributed by atoms with Gasteiger partial charge in [0.15, 0.2) is 0 Å². The predicted molar refractivity (Wildman–Crippen MR) is 106 cm³/mol. The van der Waals surface area contributed by atoms with Gasteiger partial charge in [-0.05, 0) is 84.4 Å². The first kappa shape index (κ1) is 18.6. The van der Waals surface area contributed by atoms with E-state index in [0.717, 1.165) is 34.2 Å². The van der Waals surface area contributed by atoms with E-state index in [1.54, 1.807) is 11.0 Å². The summed E-state index contributed by atoms with van der Waals surface area (Å²) in [6, 6.07) is 9.86. The van der Waals surface area contributed by atoms with E-state index in [2.05, 4.69) is 28.1 Å². The normalized spacial score (nSPS) is 13.3. The molecule has 3 rings (SSSR count). The number of aryl methyl sites for hydroxylation is 3. The SMILES string of the molecule is Cc1ccc(C)c(OCCCCN2C(=O)C(=O)c3cc(C)cc(Br)c32)c1. The van der Waals surface area contributed by atoms with Crippen LogP contribution >= 0.6 is 15.9 Å². The Hall–Kier alpha value is -2.14. The molecule has 0 atom stereocenters. The minimum absolute atomic E-state index is 0.420. The van der Waals surface area contributed by atoms with Gasteiger partial charge in [-0.25, -0.2) is 0 Å². The Bertz CT molecular complexity index is 876. The van der Waals surface area contributed by atoms with E-state index in [1.165, 1.54) is 5.56 Å². The lowest BCUT2D eigenvalue weighted by Crippen LogP contribution is -2.31. The summed E-state index contributed by atoms with van der Waals surface area (Å²) in [5, 5.41) is 0. The second-order valence-electron chi connectivity index (χ2n) is 6.75. The molecule has 0 fully saturated rings. The summed E-state index contributed by atoms with van der Waals surface area (Å²) in [7, 11) is 0. The molecule has 26 heavy (non-hydrogen) atoms. The molecule has 4 nitrogen and oxygen atoms in total. The Kier molecular flexibility index (Phi) is 5.47. The molecular weight excluding hydrogens is 394 g/mol. The number of Topliss-reactive ketones (excluding diaryl/α,β-unsaturated/α-hetero) is 1. The van der Waals surface area contributed by atoms with Gasteiger partial charge < -0.3 is 9.64 Å². The minimum Gasteiger partial charge on any atom is -0.493 e. The highest BCUT2D eigenvalue weighted by Crippen LogP contribution is 2.37. The fourth-order valence-electron chi connectivity index (χ4n) is 3.15. The summed E-state index contributed by atoms with van der Waals surface area (Å²) in [5.41, 5.74) is 4.43. The molecule has 1 aliphatic heterocycles. The van der Waals surface area contributed by atoms with Crippen molar-refractivity contribution >= 4 is 33.3 Å². The zero-order valence-electron chi connectivity index (χ0n) is 15.3. The quantitative estimate of drug-likeness (QED) is 0.504. The van der Waals surface area contributed by atoms with E-state index in [1.807, 2.05) is 32.9 Å². The van der Waals surface area contributed by atoms with Crippen LogP contribution in [0.4, 0.5) is 5.69 Å². The zero-order chi connectivity index (χ0) is 18.8. The van der Waals surface area contributed by atoms with E-state index in [4.69, 9.17) is 4.74 Å². The fraction of sp³-hybridized carbons (Fsp3) is 0.333. The van der Waals surface area contributed by atoms with E-state index in [9.17, 15) is 9.59 Å². The number of amides is 1. The van der Waals surface area contributed by atoms with Crippen LogP contribution in [0.3, 0.4) is 0 Å². The molecule has 0 N–H and O–H groups in total. The highest BCUT2D eigenvalue weighted by atomic mass is 79.9. The van der Waals surface area contributed by atoms with Gasteiger partial charge in [-0.15, -0.1) is 0 Å². The van der Waals surface area contributed by atoms with Crippen LogP contribution in [0.1, 0.15) is 39.9 Å². The molecular formula is C21H22BrNO3. The van der Waals surface area contributed by atoms with Gasteiger partial charge in [0, 0.05) is 11.0 Å².